The topological polar surface area (TPSA) is 85.3 Å². The van der Waals surface area contributed by atoms with Crippen LogP contribution in [0.4, 0.5) is 4.79 Å². The lowest BCUT2D eigenvalue weighted by Gasteiger charge is -2.36. The highest BCUT2D eigenvalue weighted by Gasteiger charge is 2.50. The van der Waals surface area contributed by atoms with Crippen LogP contribution in [-0.4, -0.2) is 77.3 Å². The van der Waals surface area contributed by atoms with Crippen molar-refractivity contribution in [3.8, 4) is 0 Å². The van der Waals surface area contributed by atoms with Gasteiger partial charge in [-0.25, -0.2) is 9.79 Å². The van der Waals surface area contributed by atoms with E-state index >= 15 is 0 Å². The Morgan fingerprint density at radius 2 is 1.88 bits per heavy atom. The van der Waals surface area contributed by atoms with Gasteiger partial charge in [0.05, 0.1) is 6.54 Å². The number of carbonyl (C=O) groups excluding carboxylic acids is 3. The van der Waals surface area contributed by atoms with Crippen molar-refractivity contribution in [1.29, 1.82) is 0 Å². The van der Waals surface area contributed by atoms with Gasteiger partial charge >= 0.3 is 6.03 Å². The SMILES string of the molecule is CN1C(=O)NC(=O)C2C1N=C(N1CCCC1)N2CC(=O)c1ccccc1. The van der Waals surface area contributed by atoms with Gasteiger partial charge in [-0.15, -0.1) is 0 Å². The average Bonchev–Trinajstić information content (AvgIpc) is 3.28. The third-order valence-electron chi connectivity index (χ3n) is 5.14. The van der Waals surface area contributed by atoms with Crippen LogP contribution in [0.3, 0.4) is 0 Å². The molecule has 3 amide bonds. The number of fused-ring (bicyclic) bond motifs is 1. The van der Waals surface area contributed by atoms with Crippen LogP contribution < -0.4 is 5.32 Å². The predicted molar refractivity (Wildman–Crippen MR) is 94.6 cm³/mol. The molecule has 0 saturated carbocycles. The first-order chi connectivity index (χ1) is 12.6. The number of rotatable bonds is 3. The first kappa shape index (κ1) is 16.6. The quantitative estimate of drug-likeness (QED) is 0.799. The van der Waals surface area contributed by atoms with Crippen LogP contribution >= 0.6 is 0 Å². The summed E-state index contributed by atoms with van der Waals surface area (Å²) >= 11 is 0. The maximum Gasteiger partial charge on any atom is 0.325 e. The van der Waals surface area contributed by atoms with E-state index in [2.05, 4.69) is 15.2 Å². The number of urea groups is 1. The van der Waals surface area contributed by atoms with Crippen LogP contribution in [0, 0.1) is 0 Å². The van der Waals surface area contributed by atoms with Gasteiger partial charge in [-0.1, -0.05) is 30.3 Å². The van der Waals surface area contributed by atoms with Gasteiger partial charge in [-0.05, 0) is 12.8 Å². The number of amides is 3. The van der Waals surface area contributed by atoms with Crippen molar-refractivity contribution in [2.45, 2.75) is 25.0 Å². The number of nitrogens with zero attached hydrogens (tertiary/aromatic N) is 4. The van der Waals surface area contributed by atoms with Crippen LogP contribution in [-0.2, 0) is 4.79 Å². The van der Waals surface area contributed by atoms with Crippen LogP contribution in [0.5, 0.6) is 0 Å². The Hall–Kier alpha value is -2.90. The minimum atomic E-state index is -0.680. The first-order valence-electron chi connectivity index (χ1n) is 8.81. The lowest BCUT2D eigenvalue weighted by molar-refractivity contribution is -0.127. The molecule has 3 aliphatic heterocycles. The molecule has 3 heterocycles. The number of guanidine groups is 1. The Morgan fingerprint density at radius 1 is 1.19 bits per heavy atom. The van der Waals surface area contributed by atoms with E-state index in [9.17, 15) is 14.4 Å². The smallest absolute Gasteiger partial charge is 0.325 e. The average molecular weight is 355 g/mol. The molecule has 26 heavy (non-hydrogen) atoms. The summed E-state index contributed by atoms with van der Waals surface area (Å²) in [6.07, 6.45) is 1.50. The predicted octanol–water partition coefficient (Wildman–Crippen LogP) is 0.513. The summed E-state index contributed by atoms with van der Waals surface area (Å²) in [6.45, 7) is 1.73. The molecule has 0 spiro atoms. The van der Waals surface area contributed by atoms with Gasteiger partial charge in [0.25, 0.3) is 5.91 Å². The zero-order valence-electron chi connectivity index (χ0n) is 14.6. The summed E-state index contributed by atoms with van der Waals surface area (Å²) in [6, 6.07) is 7.87. The Labute approximate surface area is 151 Å². The number of hydrogen-bond donors (Lipinski definition) is 1. The second kappa shape index (κ2) is 6.44. The molecule has 1 aromatic rings. The van der Waals surface area contributed by atoms with Crippen molar-refractivity contribution < 1.29 is 14.4 Å². The molecule has 1 aromatic carbocycles. The Balaban J connectivity index is 1.65. The van der Waals surface area contributed by atoms with E-state index in [4.69, 9.17) is 0 Å². The summed E-state index contributed by atoms with van der Waals surface area (Å²) in [5.74, 6) is 0.154. The number of aliphatic imine (C=N–C) groups is 1. The number of Topliss-reactive ketones (excluding diaryl/α,β-unsaturated/α-hetero) is 1. The molecule has 0 bridgehead atoms. The van der Waals surface area contributed by atoms with Crippen LogP contribution in [0.25, 0.3) is 0 Å². The molecule has 4 rings (SSSR count). The lowest BCUT2D eigenvalue weighted by atomic mass is 10.1. The molecule has 136 valence electrons. The summed E-state index contributed by atoms with van der Waals surface area (Å²) < 4.78 is 0. The minimum Gasteiger partial charge on any atom is -0.343 e. The largest absolute Gasteiger partial charge is 0.343 e. The molecule has 8 nitrogen and oxygen atoms in total. The zero-order valence-corrected chi connectivity index (χ0v) is 14.6. The van der Waals surface area contributed by atoms with Crippen LogP contribution in [0.1, 0.15) is 23.2 Å². The van der Waals surface area contributed by atoms with Gasteiger partial charge in [-0.2, -0.15) is 0 Å². The number of imide groups is 1. The van der Waals surface area contributed by atoms with Crippen molar-refractivity contribution >= 4 is 23.7 Å². The van der Waals surface area contributed by atoms with E-state index in [0.29, 0.717) is 11.5 Å². The Morgan fingerprint density at radius 3 is 2.58 bits per heavy atom. The normalized spacial score (nSPS) is 25.3. The second-order valence-electron chi connectivity index (χ2n) is 6.80. The number of hydrogen-bond acceptors (Lipinski definition) is 6. The molecule has 0 aliphatic carbocycles. The van der Waals surface area contributed by atoms with Crippen molar-refractivity contribution in [1.82, 2.24) is 20.0 Å². The molecular formula is C18H21N5O3. The Bertz CT molecular complexity index is 772. The van der Waals surface area contributed by atoms with E-state index in [0.717, 1.165) is 25.9 Å². The highest BCUT2D eigenvalue weighted by Crippen LogP contribution is 2.27. The fourth-order valence-corrected chi connectivity index (χ4v) is 3.73. The van der Waals surface area contributed by atoms with Gasteiger partial charge < -0.3 is 14.7 Å². The third-order valence-corrected chi connectivity index (χ3v) is 5.14. The molecule has 2 unspecified atom stereocenters. The van der Waals surface area contributed by atoms with Crippen molar-refractivity contribution in [2.24, 2.45) is 4.99 Å². The molecule has 8 heteroatoms. The van der Waals surface area contributed by atoms with Crippen LogP contribution in [0.15, 0.2) is 35.3 Å². The van der Waals surface area contributed by atoms with Gasteiger partial charge in [0.15, 0.2) is 24.0 Å². The molecule has 2 saturated heterocycles. The zero-order chi connectivity index (χ0) is 18.3. The summed E-state index contributed by atoms with van der Waals surface area (Å²) in [4.78, 5) is 47.2. The van der Waals surface area contributed by atoms with Gasteiger partial charge in [-0.3, -0.25) is 14.9 Å². The number of likely N-dealkylation sites (tertiary alicyclic amines) is 1. The fourth-order valence-electron chi connectivity index (χ4n) is 3.73. The standard InChI is InChI=1S/C18H21N5O3/c1-21-15-14(16(25)20-18(21)26)23(17(19-15)22-9-5-6-10-22)11-13(24)12-7-3-2-4-8-12/h2-4,7-8,14-15H,5-6,9-11H2,1H3,(H,20,25,26). The maximum absolute atomic E-state index is 12.8. The molecule has 2 fully saturated rings. The Kier molecular flexibility index (Phi) is 4.10. The number of nitrogens with one attached hydrogen (secondary N) is 1. The molecule has 1 N–H and O–H groups in total. The van der Waals surface area contributed by atoms with Gasteiger partial charge in [0, 0.05) is 25.7 Å². The maximum atomic E-state index is 12.8. The molecule has 2 atom stereocenters. The second-order valence-corrected chi connectivity index (χ2v) is 6.80. The minimum absolute atomic E-state index is 0.0516. The van der Waals surface area contributed by atoms with E-state index < -0.39 is 24.1 Å². The number of benzene rings is 1. The molecule has 3 aliphatic rings. The number of ketones is 1. The highest BCUT2D eigenvalue weighted by atomic mass is 16.2. The molecular weight excluding hydrogens is 334 g/mol. The monoisotopic (exact) mass is 355 g/mol. The lowest BCUT2D eigenvalue weighted by Crippen LogP contribution is -2.64. The number of likely N-dealkylation sites (N-methyl/N-ethyl adjacent to an activating group) is 1. The van der Waals surface area contributed by atoms with Gasteiger partial charge in [0.1, 0.15) is 0 Å². The molecule has 0 aromatic heterocycles. The third kappa shape index (κ3) is 2.71. The van der Waals surface area contributed by atoms with Crippen molar-refractivity contribution in [3.63, 3.8) is 0 Å². The highest BCUT2D eigenvalue weighted by molar-refractivity contribution is 6.06. The fraction of sp³-hybridized carbons (Fsp3) is 0.444. The van der Waals surface area contributed by atoms with Crippen molar-refractivity contribution in [2.75, 3.05) is 26.7 Å². The van der Waals surface area contributed by atoms with E-state index in [-0.39, 0.29) is 12.3 Å². The first-order valence-corrected chi connectivity index (χ1v) is 8.81. The summed E-state index contributed by atoms with van der Waals surface area (Å²) in [7, 11) is 1.62. The van der Waals surface area contributed by atoms with E-state index in [1.165, 1.54) is 4.90 Å². The molecule has 0 radical (unpaired) electrons. The van der Waals surface area contributed by atoms with Crippen LogP contribution in [0.2, 0.25) is 0 Å². The summed E-state index contributed by atoms with van der Waals surface area (Å²) in [5, 5.41) is 2.36. The van der Waals surface area contributed by atoms with Crippen molar-refractivity contribution in [3.05, 3.63) is 35.9 Å². The van der Waals surface area contributed by atoms with E-state index in [1.54, 1.807) is 24.1 Å². The van der Waals surface area contributed by atoms with Gasteiger partial charge in [0.2, 0.25) is 0 Å². The summed E-state index contributed by atoms with van der Waals surface area (Å²) in [5.41, 5.74) is 0.595. The number of carbonyl (C=O) groups is 3. The van der Waals surface area contributed by atoms with E-state index in [1.807, 2.05) is 18.2 Å².